The molecule has 0 fully saturated rings. The number of thioether (sulfide) groups is 1. The predicted octanol–water partition coefficient (Wildman–Crippen LogP) is 2.63. The molecule has 4 heteroatoms. The van der Waals surface area contributed by atoms with E-state index >= 15 is 0 Å². The molecule has 0 bridgehead atoms. The van der Waals surface area contributed by atoms with Crippen LogP contribution in [0.25, 0.3) is 0 Å². The van der Waals surface area contributed by atoms with E-state index in [1.807, 2.05) is 28.9 Å². The number of anilines is 1. The molecule has 3 nitrogen and oxygen atoms in total. The summed E-state index contributed by atoms with van der Waals surface area (Å²) in [6, 6.07) is 12.1. The van der Waals surface area contributed by atoms with E-state index in [0.29, 0.717) is 0 Å². The van der Waals surface area contributed by atoms with Gasteiger partial charge in [-0.05, 0) is 11.3 Å². The first kappa shape index (κ1) is 11.1. The van der Waals surface area contributed by atoms with Crippen LogP contribution in [0.3, 0.4) is 0 Å². The Labute approximate surface area is 99.7 Å². The second-order valence-corrected chi connectivity index (χ2v) is 4.77. The Balaban J connectivity index is 2.15. The zero-order valence-corrected chi connectivity index (χ0v) is 10.1. The molecule has 0 amide bonds. The van der Waals surface area contributed by atoms with Crippen LogP contribution in [-0.4, -0.2) is 15.5 Å². The zero-order chi connectivity index (χ0) is 11.4. The SMILES string of the molecule is CCSc1cc(N)n(Cc2ccccc2)n1. The van der Waals surface area contributed by atoms with Crippen LogP contribution in [0.1, 0.15) is 12.5 Å². The minimum atomic E-state index is 0.722. The van der Waals surface area contributed by atoms with Gasteiger partial charge in [-0.2, -0.15) is 5.10 Å². The molecule has 1 heterocycles. The Morgan fingerprint density at radius 3 is 2.75 bits per heavy atom. The molecule has 16 heavy (non-hydrogen) atoms. The van der Waals surface area contributed by atoms with E-state index < -0.39 is 0 Å². The van der Waals surface area contributed by atoms with Crippen LogP contribution in [0.2, 0.25) is 0 Å². The van der Waals surface area contributed by atoms with Crippen molar-refractivity contribution in [2.45, 2.75) is 18.5 Å². The third-order valence-electron chi connectivity index (χ3n) is 2.26. The lowest BCUT2D eigenvalue weighted by atomic mass is 10.2. The van der Waals surface area contributed by atoms with Crippen LogP contribution in [0.4, 0.5) is 5.82 Å². The highest BCUT2D eigenvalue weighted by molar-refractivity contribution is 7.99. The van der Waals surface area contributed by atoms with Gasteiger partial charge in [0.05, 0.1) is 6.54 Å². The van der Waals surface area contributed by atoms with E-state index in [0.717, 1.165) is 23.1 Å². The van der Waals surface area contributed by atoms with Gasteiger partial charge in [0.25, 0.3) is 0 Å². The summed E-state index contributed by atoms with van der Waals surface area (Å²) < 4.78 is 1.84. The molecule has 2 aromatic rings. The third-order valence-corrected chi connectivity index (χ3v) is 3.04. The van der Waals surface area contributed by atoms with Crippen LogP contribution >= 0.6 is 11.8 Å². The van der Waals surface area contributed by atoms with E-state index in [1.165, 1.54) is 5.56 Å². The van der Waals surface area contributed by atoms with Gasteiger partial charge in [0, 0.05) is 6.07 Å². The number of rotatable bonds is 4. The first-order valence-corrected chi connectivity index (χ1v) is 6.28. The lowest BCUT2D eigenvalue weighted by Crippen LogP contribution is -2.05. The fourth-order valence-corrected chi connectivity index (χ4v) is 2.16. The summed E-state index contributed by atoms with van der Waals surface area (Å²) in [5, 5.41) is 5.45. The van der Waals surface area contributed by atoms with Crippen LogP contribution in [-0.2, 0) is 6.54 Å². The Morgan fingerprint density at radius 1 is 1.31 bits per heavy atom. The first-order chi connectivity index (χ1) is 7.79. The lowest BCUT2D eigenvalue weighted by Gasteiger charge is -2.03. The van der Waals surface area contributed by atoms with Gasteiger partial charge in [-0.25, -0.2) is 4.68 Å². The van der Waals surface area contributed by atoms with Crippen molar-refractivity contribution in [3.8, 4) is 0 Å². The van der Waals surface area contributed by atoms with Gasteiger partial charge < -0.3 is 5.73 Å². The Hall–Kier alpha value is -1.42. The standard InChI is InChI=1S/C12H15N3S/c1-2-16-12-8-11(13)15(14-12)9-10-6-4-3-5-7-10/h3-8H,2,9,13H2,1H3. The van der Waals surface area contributed by atoms with Crippen molar-refractivity contribution in [2.75, 3.05) is 11.5 Å². The molecule has 0 aliphatic carbocycles. The maximum atomic E-state index is 5.91. The van der Waals surface area contributed by atoms with Gasteiger partial charge in [0.2, 0.25) is 0 Å². The van der Waals surface area contributed by atoms with Crippen molar-refractivity contribution in [1.29, 1.82) is 0 Å². The molecular formula is C12H15N3S. The van der Waals surface area contributed by atoms with Gasteiger partial charge in [-0.1, -0.05) is 37.3 Å². The second kappa shape index (κ2) is 5.07. The summed E-state index contributed by atoms with van der Waals surface area (Å²) in [5.41, 5.74) is 7.12. The van der Waals surface area contributed by atoms with Crippen molar-refractivity contribution in [3.63, 3.8) is 0 Å². The van der Waals surface area contributed by atoms with Gasteiger partial charge in [0.1, 0.15) is 10.8 Å². The number of hydrogen-bond acceptors (Lipinski definition) is 3. The maximum absolute atomic E-state index is 5.91. The summed E-state index contributed by atoms with van der Waals surface area (Å²) in [6.07, 6.45) is 0. The minimum absolute atomic E-state index is 0.722. The third kappa shape index (κ3) is 2.58. The molecule has 1 aromatic carbocycles. The summed E-state index contributed by atoms with van der Waals surface area (Å²) >= 11 is 1.71. The average molecular weight is 233 g/mol. The molecule has 0 spiro atoms. The highest BCUT2D eigenvalue weighted by atomic mass is 32.2. The van der Waals surface area contributed by atoms with E-state index in [2.05, 4.69) is 24.2 Å². The van der Waals surface area contributed by atoms with Gasteiger partial charge in [-0.15, -0.1) is 11.8 Å². The predicted molar refractivity (Wildman–Crippen MR) is 68.6 cm³/mol. The van der Waals surface area contributed by atoms with Crippen molar-refractivity contribution < 1.29 is 0 Å². The maximum Gasteiger partial charge on any atom is 0.123 e. The zero-order valence-electron chi connectivity index (χ0n) is 9.26. The van der Waals surface area contributed by atoms with Gasteiger partial charge in [0.15, 0.2) is 0 Å². The Bertz CT molecular complexity index is 451. The number of aromatic nitrogens is 2. The van der Waals surface area contributed by atoms with Crippen molar-refractivity contribution in [1.82, 2.24) is 9.78 Å². The van der Waals surface area contributed by atoms with Crippen LogP contribution in [0.5, 0.6) is 0 Å². The molecule has 0 aliphatic rings. The molecule has 0 radical (unpaired) electrons. The smallest absolute Gasteiger partial charge is 0.123 e. The minimum Gasteiger partial charge on any atom is -0.384 e. The number of benzene rings is 1. The van der Waals surface area contributed by atoms with Crippen LogP contribution in [0.15, 0.2) is 41.4 Å². The first-order valence-electron chi connectivity index (χ1n) is 5.29. The monoisotopic (exact) mass is 233 g/mol. The fraction of sp³-hybridized carbons (Fsp3) is 0.250. The normalized spacial score (nSPS) is 10.6. The molecule has 84 valence electrons. The highest BCUT2D eigenvalue weighted by Gasteiger charge is 2.04. The Morgan fingerprint density at radius 2 is 2.06 bits per heavy atom. The molecule has 0 saturated heterocycles. The lowest BCUT2D eigenvalue weighted by molar-refractivity contribution is 0.675. The molecular weight excluding hydrogens is 218 g/mol. The van der Waals surface area contributed by atoms with Crippen molar-refractivity contribution in [3.05, 3.63) is 42.0 Å². The largest absolute Gasteiger partial charge is 0.384 e. The number of nitrogens with zero attached hydrogens (tertiary/aromatic N) is 2. The molecule has 0 unspecified atom stereocenters. The van der Waals surface area contributed by atoms with Gasteiger partial charge >= 0.3 is 0 Å². The molecule has 2 rings (SSSR count). The quantitative estimate of drug-likeness (QED) is 0.826. The highest BCUT2D eigenvalue weighted by Crippen LogP contribution is 2.19. The van der Waals surface area contributed by atoms with Crippen LogP contribution < -0.4 is 5.73 Å². The molecule has 0 atom stereocenters. The van der Waals surface area contributed by atoms with E-state index in [4.69, 9.17) is 5.73 Å². The summed E-state index contributed by atoms with van der Waals surface area (Å²) in [6.45, 7) is 2.84. The number of nitrogens with two attached hydrogens (primary N) is 1. The molecule has 2 N–H and O–H groups in total. The van der Waals surface area contributed by atoms with Crippen molar-refractivity contribution in [2.24, 2.45) is 0 Å². The topological polar surface area (TPSA) is 43.8 Å². The van der Waals surface area contributed by atoms with E-state index in [-0.39, 0.29) is 0 Å². The molecule has 0 aliphatic heterocycles. The fourth-order valence-electron chi connectivity index (χ4n) is 1.51. The van der Waals surface area contributed by atoms with Gasteiger partial charge in [-0.3, -0.25) is 0 Å². The van der Waals surface area contributed by atoms with Crippen LogP contribution in [0, 0.1) is 0 Å². The molecule has 1 aromatic heterocycles. The Kier molecular flexibility index (Phi) is 3.51. The number of hydrogen-bond donors (Lipinski definition) is 1. The second-order valence-electron chi connectivity index (χ2n) is 3.48. The van der Waals surface area contributed by atoms with Crippen molar-refractivity contribution >= 4 is 17.6 Å². The summed E-state index contributed by atoms with van der Waals surface area (Å²) in [4.78, 5) is 0. The summed E-state index contributed by atoms with van der Waals surface area (Å²) in [5.74, 6) is 1.74. The number of nitrogen functional groups attached to an aromatic ring is 1. The average Bonchev–Trinajstić information content (AvgIpc) is 2.61. The molecule has 0 saturated carbocycles. The summed E-state index contributed by atoms with van der Waals surface area (Å²) in [7, 11) is 0. The van der Waals surface area contributed by atoms with E-state index in [1.54, 1.807) is 11.8 Å². The van der Waals surface area contributed by atoms with E-state index in [9.17, 15) is 0 Å².